The number of H-pyrrole nitrogens is 1. The highest BCUT2D eigenvalue weighted by atomic mass is 35.5. The lowest BCUT2D eigenvalue weighted by molar-refractivity contribution is 0.0739. The molecular formula is C20H18ClN3O2. The Labute approximate surface area is 156 Å². The van der Waals surface area contributed by atoms with E-state index in [1.165, 1.54) is 0 Å². The number of halogens is 1. The Hall–Kier alpha value is -2.79. The van der Waals surface area contributed by atoms with Crippen molar-refractivity contribution in [3.63, 3.8) is 0 Å². The second-order valence-corrected chi connectivity index (χ2v) is 6.77. The van der Waals surface area contributed by atoms with Crippen LogP contribution in [0.4, 0.5) is 5.69 Å². The summed E-state index contributed by atoms with van der Waals surface area (Å²) in [5.74, 6) is -0.126. The van der Waals surface area contributed by atoms with Crippen molar-refractivity contribution in [2.45, 2.75) is 0 Å². The van der Waals surface area contributed by atoms with Gasteiger partial charge in [0.15, 0.2) is 6.29 Å². The standard InChI is InChI=1S/C20H18ClN3O2/c21-14-5-7-15(8-6-14)23-9-11-24(12-10-23)20(26)19-17(13-25)16-3-1-2-4-18(16)22-19/h1-8,13,22H,9-12H2. The number of nitrogens with zero attached hydrogens (tertiary/aromatic N) is 2. The van der Waals surface area contributed by atoms with Crippen molar-refractivity contribution in [1.29, 1.82) is 0 Å². The van der Waals surface area contributed by atoms with E-state index < -0.39 is 0 Å². The summed E-state index contributed by atoms with van der Waals surface area (Å²) in [5.41, 5.74) is 2.71. The Kier molecular flexibility index (Phi) is 4.39. The van der Waals surface area contributed by atoms with E-state index in [4.69, 9.17) is 11.6 Å². The maximum absolute atomic E-state index is 12.9. The van der Waals surface area contributed by atoms with Gasteiger partial charge in [-0.25, -0.2) is 0 Å². The molecule has 26 heavy (non-hydrogen) atoms. The van der Waals surface area contributed by atoms with Crippen LogP contribution in [0.1, 0.15) is 20.8 Å². The largest absolute Gasteiger partial charge is 0.368 e. The monoisotopic (exact) mass is 367 g/mol. The third-order valence-electron chi connectivity index (χ3n) is 4.84. The Morgan fingerprint density at radius 2 is 1.69 bits per heavy atom. The maximum Gasteiger partial charge on any atom is 0.271 e. The average molecular weight is 368 g/mol. The highest BCUT2D eigenvalue weighted by Gasteiger charge is 2.26. The van der Waals surface area contributed by atoms with Crippen LogP contribution in [0.15, 0.2) is 48.5 Å². The first-order valence-electron chi connectivity index (χ1n) is 8.53. The number of aldehydes is 1. The molecule has 2 heterocycles. The first-order chi connectivity index (χ1) is 12.7. The summed E-state index contributed by atoms with van der Waals surface area (Å²) in [6.45, 7) is 2.69. The van der Waals surface area contributed by atoms with E-state index in [0.29, 0.717) is 29.4 Å². The molecule has 6 heteroatoms. The zero-order valence-electron chi connectivity index (χ0n) is 14.1. The second kappa shape index (κ2) is 6.84. The summed E-state index contributed by atoms with van der Waals surface area (Å²) in [6, 6.07) is 15.2. The van der Waals surface area contributed by atoms with Gasteiger partial charge in [-0.3, -0.25) is 9.59 Å². The molecule has 3 aromatic rings. The van der Waals surface area contributed by atoms with E-state index >= 15 is 0 Å². The number of fused-ring (bicyclic) bond motifs is 1. The SMILES string of the molecule is O=Cc1c(C(=O)N2CCN(c3ccc(Cl)cc3)CC2)[nH]c2ccccc12. The van der Waals surface area contributed by atoms with Crippen molar-refractivity contribution in [2.24, 2.45) is 0 Å². The van der Waals surface area contributed by atoms with Gasteiger partial charge in [0.25, 0.3) is 5.91 Å². The van der Waals surface area contributed by atoms with Gasteiger partial charge >= 0.3 is 0 Å². The molecule has 1 aliphatic heterocycles. The number of aromatic nitrogens is 1. The van der Waals surface area contributed by atoms with E-state index in [1.807, 2.05) is 48.5 Å². The molecule has 5 nitrogen and oxygen atoms in total. The van der Waals surface area contributed by atoms with Crippen LogP contribution in [0.5, 0.6) is 0 Å². The van der Waals surface area contributed by atoms with Crippen molar-refractivity contribution in [3.05, 3.63) is 64.8 Å². The normalized spacial score (nSPS) is 14.7. The molecule has 1 amide bonds. The number of hydrogen-bond donors (Lipinski definition) is 1. The van der Waals surface area contributed by atoms with Gasteiger partial charge in [-0.1, -0.05) is 29.8 Å². The Balaban J connectivity index is 1.52. The van der Waals surface area contributed by atoms with Crippen LogP contribution in [-0.4, -0.2) is 48.3 Å². The number of carbonyl (C=O) groups excluding carboxylic acids is 2. The van der Waals surface area contributed by atoms with Crippen LogP contribution < -0.4 is 4.90 Å². The van der Waals surface area contributed by atoms with Gasteiger partial charge in [-0.15, -0.1) is 0 Å². The second-order valence-electron chi connectivity index (χ2n) is 6.33. The summed E-state index contributed by atoms with van der Waals surface area (Å²) >= 11 is 5.94. The lowest BCUT2D eigenvalue weighted by Gasteiger charge is -2.36. The number of amides is 1. The van der Waals surface area contributed by atoms with Gasteiger partial charge in [0, 0.05) is 47.8 Å². The number of benzene rings is 2. The molecule has 2 aromatic carbocycles. The van der Waals surface area contributed by atoms with Crippen LogP contribution in [0, 0.1) is 0 Å². The molecule has 1 N–H and O–H groups in total. The molecule has 1 aromatic heterocycles. The molecular weight excluding hydrogens is 350 g/mol. The van der Waals surface area contributed by atoms with Crippen LogP contribution in [0.25, 0.3) is 10.9 Å². The average Bonchev–Trinajstić information content (AvgIpc) is 3.07. The zero-order valence-corrected chi connectivity index (χ0v) is 14.9. The molecule has 0 unspecified atom stereocenters. The van der Waals surface area contributed by atoms with Gasteiger partial charge in [0.2, 0.25) is 0 Å². The quantitative estimate of drug-likeness (QED) is 0.720. The summed E-state index contributed by atoms with van der Waals surface area (Å²) in [5, 5.41) is 1.49. The third-order valence-corrected chi connectivity index (χ3v) is 5.09. The van der Waals surface area contributed by atoms with Crippen LogP contribution >= 0.6 is 11.6 Å². The number of aromatic amines is 1. The van der Waals surface area contributed by atoms with E-state index in [1.54, 1.807) is 4.90 Å². The van der Waals surface area contributed by atoms with Crippen molar-refractivity contribution in [1.82, 2.24) is 9.88 Å². The molecule has 0 radical (unpaired) electrons. The van der Waals surface area contributed by atoms with Crippen molar-refractivity contribution >= 4 is 40.4 Å². The van der Waals surface area contributed by atoms with Gasteiger partial charge in [-0.2, -0.15) is 0 Å². The third kappa shape index (κ3) is 2.95. The predicted molar refractivity (Wildman–Crippen MR) is 103 cm³/mol. The number of carbonyl (C=O) groups is 2. The zero-order chi connectivity index (χ0) is 18.1. The van der Waals surface area contributed by atoms with E-state index in [0.717, 1.165) is 36.0 Å². The molecule has 1 saturated heterocycles. The minimum Gasteiger partial charge on any atom is -0.368 e. The van der Waals surface area contributed by atoms with Gasteiger partial charge in [-0.05, 0) is 30.3 Å². The van der Waals surface area contributed by atoms with Crippen LogP contribution in [-0.2, 0) is 0 Å². The van der Waals surface area contributed by atoms with Crippen LogP contribution in [0.3, 0.4) is 0 Å². The summed E-state index contributed by atoms with van der Waals surface area (Å²) in [6.07, 6.45) is 0.760. The van der Waals surface area contributed by atoms with Crippen molar-refractivity contribution < 1.29 is 9.59 Å². The Morgan fingerprint density at radius 3 is 2.38 bits per heavy atom. The smallest absolute Gasteiger partial charge is 0.271 e. The highest BCUT2D eigenvalue weighted by molar-refractivity contribution is 6.30. The number of anilines is 1. The summed E-state index contributed by atoms with van der Waals surface area (Å²) in [7, 11) is 0. The minimum atomic E-state index is -0.126. The lowest BCUT2D eigenvalue weighted by atomic mass is 10.1. The van der Waals surface area contributed by atoms with Crippen LogP contribution in [0.2, 0.25) is 5.02 Å². The Morgan fingerprint density at radius 1 is 1.00 bits per heavy atom. The fourth-order valence-corrected chi connectivity index (χ4v) is 3.56. The van der Waals surface area contributed by atoms with Crippen molar-refractivity contribution in [3.8, 4) is 0 Å². The topological polar surface area (TPSA) is 56.4 Å². The number of para-hydroxylation sites is 1. The predicted octanol–water partition coefficient (Wildman–Crippen LogP) is 3.60. The molecule has 1 aliphatic rings. The summed E-state index contributed by atoms with van der Waals surface area (Å²) in [4.78, 5) is 31.6. The molecule has 0 saturated carbocycles. The van der Waals surface area contributed by atoms with Gasteiger partial charge in [0.05, 0.1) is 5.56 Å². The Bertz CT molecular complexity index is 957. The lowest BCUT2D eigenvalue weighted by Crippen LogP contribution is -2.49. The molecule has 0 atom stereocenters. The molecule has 0 spiro atoms. The molecule has 132 valence electrons. The van der Waals surface area contributed by atoms with Gasteiger partial charge < -0.3 is 14.8 Å². The first kappa shape index (κ1) is 16.7. The van der Waals surface area contributed by atoms with E-state index in [2.05, 4.69) is 9.88 Å². The number of rotatable bonds is 3. The van der Waals surface area contributed by atoms with Gasteiger partial charge in [0.1, 0.15) is 5.69 Å². The summed E-state index contributed by atoms with van der Waals surface area (Å²) < 4.78 is 0. The first-order valence-corrected chi connectivity index (χ1v) is 8.91. The van der Waals surface area contributed by atoms with E-state index in [-0.39, 0.29) is 5.91 Å². The fraction of sp³-hybridized carbons (Fsp3) is 0.200. The number of nitrogens with one attached hydrogen (secondary N) is 1. The number of hydrogen-bond acceptors (Lipinski definition) is 3. The van der Waals surface area contributed by atoms with Crippen molar-refractivity contribution in [2.75, 3.05) is 31.1 Å². The molecule has 1 fully saturated rings. The fourth-order valence-electron chi connectivity index (χ4n) is 3.43. The molecule has 0 aliphatic carbocycles. The minimum absolute atomic E-state index is 0.126. The highest BCUT2D eigenvalue weighted by Crippen LogP contribution is 2.24. The molecule has 4 rings (SSSR count). The maximum atomic E-state index is 12.9. The molecule has 0 bridgehead atoms. The van der Waals surface area contributed by atoms with E-state index in [9.17, 15) is 9.59 Å². The number of piperazine rings is 1.